The van der Waals surface area contributed by atoms with Gasteiger partial charge in [-0.25, -0.2) is 9.78 Å². The van der Waals surface area contributed by atoms with Crippen LogP contribution in [0.15, 0.2) is 12.3 Å². The fourth-order valence-electron chi connectivity index (χ4n) is 2.20. The first-order valence-corrected chi connectivity index (χ1v) is 7.26. The van der Waals surface area contributed by atoms with Crippen molar-refractivity contribution in [2.45, 2.75) is 26.3 Å². The highest BCUT2D eigenvalue weighted by Gasteiger charge is 2.37. The molecule has 2 aromatic heterocycles. The molecule has 0 radical (unpaired) electrons. The lowest BCUT2D eigenvalue weighted by Crippen LogP contribution is -2.58. The standard InChI is InChI=1S/C15H19N5O4/c1-7(2)15(3,14(16)24)19-12(21)10-9(13(22)23)5-8-6-17-20(4)11(8)18-10/h5-7H,1-4H3,(H2,16,24)(H,19,21)(H,22,23). The van der Waals surface area contributed by atoms with Crippen molar-refractivity contribution in [3.05, 3.63) is 23.5 Å². The Kier molecular flexibility index (Phi) is 4.28. The Morgan fingerprint density at radius 1 is 1.38 bits per heavy atom. The lowest BCUT2D eigenvalue weighted by atomic mass is 9.87. The van der Waals surface area contributed by atoms with Gasteiger partial charge in [-0.05, 0) is 18.9 Å². The fraction of sp³-hybridized carbons (Fsp3) is 0.400. The number of hydrogen-bond acceptors (Lipinski definition) is 5. The average Bonchev–Trinajstić information content (AvgIpc) is 2.86. The fourth-order valence-corrected chi connectivity index (χ4v) is 2.20. The zero-order valence-electron chi connectivity index (χ0n) is 13.8. The number of amides is 2. The molecular weight excluding hydrogens is 314 g/mol. The Morgan fingerprint density at radius 3 is 2.50 bits per heavy atom. The third-order valence-electron chi connectivity index (χ3n) is 4.19. The van der Waals surface area contributed by atoms with Gasteiger partial charge in [-0.3, -0.25) is 14.3 Å². The van der Waals surface area contributed by atoms with Crippen LogP contribution in [-0.2, 0) is 11.8 Å². The van der Waals surface area contributed by atoms with Crippen molar-refractivity contribution in [3.63, 3.8) is 0 Å². The highest BCUT2D eigenvalue weighted by atomic mass is 16.4. The molecule has 0 spiro atoms. The zero-order chi connectivity index (χ0) is 18.2. The van der Waals surface area contributed by atoms with Crippen LogP contribution in [0.5, 0.6) is 0 Å². The molecule has 0 aromatic carbocycles. The summed E-state index contributed by atoms with van der Waals surface area (Å²) in [7, 11) is 1.62. The number of rotatable bonds is 5. The number of pyridine rings is 1. The Bertz CT molecular complexity index is 842. The van der Waals surface area contributed by atoms with E-state index in [-0.39, 0.29) is 17.2 Å². The molecule has 0 fully saturated rings. The molecule has 24 heavy (non-hydrogen) atoms. The van der Waals surface area contributed by atoms with Gasteiger partial charge in [0.05, 0.1) is 11.8 Å². The molecule has 0 aliphatic carbocycles. The number of aromatic carboxylic acids is 1. The lowest BCUT2D eigenvalue weighted by molar-refractivity contribution is -0.125. The van der Waals surface area contributed by atoms with Crippen molar-refractivity contribution in [2.75, 3.05) is 0 Å². The molecule has 2 amide bonds. The summed E-state index contributed by atoms with van der Waals surface area (Å²) in [6.07, 6.45) is 1.46. The number of carbonyl (C=O) groups is 3. The zero-order valence-corrected chi connectivity index (χ0v) is 13.8. The third kappa shape index (κ3) is 2.80. The second-order valence-electron chi connectivity index (χ2n) is 6.05. The van der Waals surface area contributed by atoms with E-state index in [1.165, 1.54) is 23.9 Å². The van der Waals surface area contributed by atoms with Crippen molar-refractivity contribution >= 4 is 28.8 Å². The smallest absolute Gasteiger partial charge is 0.338 e. The molecule has 1 atom stereocenters. The van der Waals surface area contributed by atoms with E-state index in [4.69, 9.17) is 5.73 Å². The predicted octanol–water partition coefficient (Wildman–Crippen LogP) is 0.296. The van der Waals surface area contributed by atoms with E-state index >= 15 is 0 Å². The number of carbonyl (C=O) groups excluding carboxylic acids is 2. The maximum Gasteiger partial charge on any atom is 0.338 e. The minimum atomic E-state index is -1.34. The van der Waals surface area contributed by atoms with Crippen LogP contribution in [0.1, 0.15) is 41.6 Å². The van der Waals surface area contributed by atoms with Crippen LogP contribution in [0, 0.1) is 5.92 Å². The number of carboxylic acids is 1. The maximum absolute atomic E-state index is 12.6. The number of primary amides is 1. The highest BCUT2D eigenvalue weighted by Crippen LogP contribution is 2.20. The van der Waals surface area contributed by atoms with Crippen LogP contribution < -0.4 is 11.1 Å². The molecule has 2 heterocycles. The maximum atomic E-state index is 12.6. The number of hydrogen-bond donors (Lipinski definition) is 3. The van der Waals surface area contributed by atoms with E-state index in [1.54, 1.807) is 20.9 Å². The van der Waals surface area contributed by atoms with Gasteiger partial charge in [-0.15, -0.1) is 0 Å². The van der Waals surface area contributed by atoms with E-state index in [0.717, 1.165) is 0 Å². The third-order valence-corrected chi connectivity index (χ3v) is 4.19. The number of nitrogens with two attached hydrogens (primary N) is 1. The van der Waals surface area contributed by atoms with Gasteiger partial charge < -0.3 is 16.2 Å². The van der Waals surface area contributed by atoms with Crippen LogP contribution in [0.25, 0.3) is 11.0 Å². The Hall–Kier alpha value is -2.97. The predicted molar refractivity (Wildman–Crippen MR) is 85.4 cm³/mol. The Balaban J connectivity index is 2.55. The summed E-state index contributed by atoms with van der Waals surface area (Å²) in [4.78, 5) is 39.9. The molecular formula is C15H19N5O4. The highest BCUT2D eigenvalue weighted by molar-refractivity contribution is 6.07. The van der Waals surface area contributed by atoms with Crippen molar-refractivity contribution in [2.24, 2.45) is 18.7 Å². The van der Waals surface area contributed by atoms with Gasteiger partial charge >= 0.3 is 5.97 Å². The quantitative estimate of drug-likeness (QED) is 0.718. The summed E-state index contributed by atoms with van der Waals surface area (Å²) in [6, 6.07) is 1.32. The number of fused-ring (bicyclic) bond motifs is 1. The van der Waals surface area contributed by atoms with Gasteiger partial charge in [0.25, 0.3) is 5.91 Å². The molecule has 2 aromatic rings. The second-order valence-corrected chi connectivity index (χ2v) is 6.05. The summed E-state index contributed by atoms with van der Waals surface area (Å²) in [5.41, 5.74) is 3.84. The average molecular weight is 333 g/mol. The normalized spacial score (nSPS) is 13.7. The molecule has 0 saturated heterocycles. The molecule has 9 heteroatoms. The molecule has 0 bridgehead atoms. The summed E-state index contributed by atoms with van der Waals surface area (Å²) in [5, 5.41) is 16.3. The molecule has 128 valence electrons. The van der Waals surface area contributed by atoms with E-state index < -0.39 is 23.3 Å². The summed E-state index contributed by atoms with van der Waals surface area (Å²) in [6.45, 7) is 4.93. The van der Waals surface area contributed by atoms with Crippen LogP contribution in [-0.4, -0.2) is 43.2 Å². The SMILES string of the molecule is CC(C)C(C)(NC(=O)c1nc2c(cnn2C)cc1C(=O)O)C(N)=O. The van der Waals surface area contributed by atoms with Crippen molar-refractivity contribution < 1.29 is 19.5 Å². The number of carboxylic acid groups (broad SMARTS) is 1. The molecule has 9 nitrogen and oxygen atoms in total. The lowest BCUT2D eigenvalue weighted by Gasteiger charge is -2.31. The monoisotopic (exact) mass is 333 g/mol. The summed E-state index contributed by atoms with van der Waals surface area (Å²) < 4.78 is 1.42. The van der Waals surface area contributed by atoms with Gasteiger partial charge in [0.15, 0.2) is 5.65 Å². The van der Waals surface area contributed by atoms with Gasteiger partial charge in [0.2, 0.25) is 5.91 Å². The van der Waals surface area contributed by atoms with Crippen molar-refractivity contribution in [1.29, 1.82) is 0 Å². The Morgan fingerprint density at radius 2 is 2.00 bits per heavy atom. The first kappa shape index (κ1) is 17.4. The first-order chi connectivity index (χ1) is 11.1. The minimum Gasteiger partial charge on any atom is -0.478 e. The molecule has 0 saturated carbocycles. The van der Waals surface area contributed by atoms with Crippen molar-refractivity contribution in [3.8, 4) is 0 Å². The molecule has 4 N–H and O–H groups in total. The van der Waals surface area contributed by atoms with Gasteiger partial charge in [-0.1, -0.05) is 13.8 Å². The van der Waals surface area contributed by atoms with E-state index in [0.29, 0.717) is 11.0 Å². The largest absolute Gasteiger partial charge is 0.478 e. The first-order valence-electron chi connectivity index (χ1n) is 7.26. The van der Waals surface area contributed by atoms with Gasteiger partial charge in [0, 0.05) is 12.4 Å². The molecule has 0 aliphatic rings. The summed E-state index contributed by atoms with van der Waals surface area (Å²) >= 11 is 0. The van der Waals surface area contributed by atoms with E-state index in [1.807, 2.05) is 0 Å². The molecule has 1 unspecified atom stereocenters. The number of aryl methyl sites for hydroxylation is 1. The number of aromatic nitrogens is 3. The number of nitrogens with one attached hydrogen (secondary N) is 1. The van der Waals surface area contributed by atoms with Gasteiger partial charge in [0.1, 0.15) is 11.2 Å². The molecule has 2 rings (SSSR count). The minimum absolute atomic E-state index is 0.274. The van der Waals surface area contributed by atoms with E-state index in [9.17, 15) is 19.5 Å². The topological polar surface area (TPSA) is 140 Å². The Labute approximate surface area is 137 Å². The van der Waals surface area contributed by atoms with Crippen LogP contribution in [0.3, 0.4) is 0 Å². The molecule has 0 aliphatic heterocycles. The van der Waals surface area contributed by atoms with Gasteiger partial charge in [-0.2, -0.15) is 5.10 Å². The number of nitrogens with zero attached hydrogens (tertiary/aromatic N) is 3. The van der Waals surface area contributed by atoms with Crippen LogP contribution in [0.4, 0.5) is 0 Å². The van der Waals surface area contributed by atoms with Crippen LogP contribution in [0.2, 0.25) is 0 Å². The van der Waals surface area contributed by atoms with E-state index in [2.05, 4.69) is 15.4 Å². The van der Waals surface area contributed by atoms with Crippen LogP contribution >= 0.6 is 0 Å². The summed E-state index contributed by atoms with van der Waals surface area (Å²) in [5.74, 6) is -3.11. The van der Waals surface area contributed by atoms with Crippen molar-refractivity contribution in [1.82, 2.24) is 20.1 Å². The second kappa shape index (κ2) is 5.91.